The molecule has 2 rings (SSSR count). The molecule has 1 heterocycles. The molecule has 0 spiro atoms. The molecule has 0 fully saturated rings. The Morgan fingerprint density at radius 1 is 1.42 bits per heavy atom. The maximum absolute atomic E-state index is 11.7. The van der Waals surface area contributed by atoms with Gasteiger partial charge in [0.05, 0.1) is 20.1 Å². The van der Waals surface area contributed by atoms with E-state index in [0.717, 1.165) is 11.3 Å². The third-order valence-electron chi connectivity index (χ3n) is 2.53. The fourth-order valence-electron chi connectivity index (χ4n) is 1.56. The Labute approximate surface area is 110 Å². The number of nitrogens with one attached hydrogen (secondary N) is 2. The highest BCUT2D eigenvalue weighted by atomic mass is 16.5. The van der Waals surface area contributed by atoms with Crippen molar-refractivity contribution in [3.8, 4) is 5.75 Å². The number of nitrogens with zero attached hydrogens (tertiary/aromatic N) is 2. The normalized spacial score (nSPS) is 10.2. The van der Waals surface area contributed by atoms with Crippen LogP contribution in [0.25, 0.3) is 0 Å². The van der Waals surface area contributed by atoms with Crippen molar-refractivity contribution in [3.63, 3.8) is 0 Å². The minimum absolute atomic E-state index is 0.0971. The fourth-order valence-corrected chi connectivity index (χ4v) is 1.56. The first-order valence-corrected chi connectivity index (χ1v) is 5.74. The molecule has 2 aromatic rings. The third kappa shape index (κ3) is 3.70. The number of nitrogen functional groups attached to an aromatic ring is 1. The largest absolute Gasteiger partial charge is 0.497 e. The SMILES string of the molecule is COc1ccc(CC(=O)NCc2nc(N)n[nH]2)cc1. The second-order valence-corrected chi connectivity index (χ2v) is 3.94. The monoisotopic (exact) mass is 261 g/mol. The Balaban J connectivity index is 1.83. The smallest absolute Gasteiger partial charge is 0.239 e. The molecule has 1 aromatic heterocycles. The number of amides is 1. The molecule has 4 N–H and O–H groups in total. The van der Waals surface area contributed by atoms with Crippen molar-refractivity contribution in [2.24, 2.45) is 0 Å². The zero-order valence-electron chi connectivity index (χ0n) is 10.5. The molecule has 0 aliphatic rings. The second kappa shape index (κ2) is 5.85. The van der Waals surface area contributed by atoms with Gasteiger partial charge in [-0.3, -0.25) is 9.89 Å². The number of nitrogens with two attached hydrogens (primary N) is 1. The molecule has 0 atom stereocenters. The zero-order chi connectivity index (χ0) is 13.7. The molecule has 0 unspecified atom stereocenters. The van der Waals surface area contributed by atoms with Crippen molar-refractivity contribution in [2.45, 2.75) is 13.0 Å². The Bertz CT molecular complexity index is 550. The number of H-pyrrole nitrogens is 1. The highest BCUT2D eigenvalue weighted by Gasteiger charge is 2.05. The van der Waals surface area contributed by atoms with Crippen LogP contribution in [0.1, 0.15) is 11.4 Å². The first-order valence-electron chi connectivity index (χ1n) is 5.74. The van der Waals surface area contributed by atoms with Gasteiger partial charge in [0.2, 0.25) is 11.9 Å². The lowest BCUT2D eigenvalue weighted by Gasteiger charge is -2.04. The van der Waals surface area contributed by atoms with Crippen molar-refractivity contribution in [3.05, 3.63) is 35.7 Å². The van der Waals surface area contributed by atoms with E-state index in [-0.39, 0.29) is 18.4 Å². The molecule has 0 aliphatic carbocycles. The van der Waals surface area contributed by atoms with Gasteiger partial charge in [-0.05, 0) is 17.7 Å². The highest BCUT2D eigenvalue weighted by Crippen LogP contribution is 2.11. The molecule has 0 radical (unpaired) electrons. The van der Waals surface area contributed by atoms with Crippen molar-refractivity contribution < 1.29 is 9.53 Å². The molecule has 7 nitrogen and oxygen atoms in total. The number of ether oxygens (including phenoxy) is 1. The lowest BCUT2D eigenvalue weighted by atomic mass is 10.1. The summed E-state index contributed by atoms with van der Waals surface area (Å²) in [6, 6.07) is 7.34. The van der Waals surface area contributed by atoms with Crippen LogP contribution in [0.3, 0.4) is 0 Å². The van der Waals surface area contributed by atoms with Crippen LogP contribution in [-0.2, 0) is 17.8 Å². The van der Waals surface area contributed by atoms with Crippen molar-refractivity contribution in [1.82, 2.24) is 20.5 Å². The number of methoxy groups -OCH3 is 1. The van der Waals surface area contributed by atoms with Crippen LogP contribution in [0, 0.1) is 0 Å². The summed E-state index contributed by atoms with van der Waals surface area (Å²) in [7, 11) is 1.60. The predicted octanol–water partition coefficient (Wildman–Crippen LogP) is 0.254. The number of aromatic nitrogens is 3. The second-order valence-electron chi connectivity index (χ2n) is 3.94. The molecule has 0 saturated carbocycles. The number of carbonyl (C=O) groups excluding carboxylic acids is 1. The number of benzene rings is 1. The number of anilines is 1. The highest BCUT2D eigenvalue weighted by molar-refractivity contribution is 5.78. The molecule has 19 heavy (non-hydrogen) atoms. The molecule has 100 valence electrons. The van der Waals surface area contributed by atoms with Crippen LogP contribution in [0.5, 0.6) is 5.75 Å². The number of hydrogen-bond acceptors (Lipinski definition) is 5. The van der Waals surface area contributed by atoms with Crippen LogP contribution in [0.4, 0.5) is 5.95 Å². The molecule has 0 bridgehead atoms. The van der Waals surface area contributed by atoms with E-state index < -0.39 is 0 Å². The molecular weight excluding hydrogens is 246 g/mol. The average molecular weight is 261 g/mol. The minimum atomic E-state index is -0.0971. The van der Waals surface area contributed by atoms with Gasteiger partial charge < -0.3 is 15.8 Å². The van der Waals surface area contributed by atoms with Gasteiger partial charge in [0.1, 0.15) is 11.6 Å². The quantitative estimate of drug-likeness (QED) is 0.715. The third-order valence-corrected chi connectivity index (χ3v) is 2.53. The summed E-state index contributed by atoms with van der Waals surface area (Å²) in [5.74, 6) is 1.36. The van der Waals surface area contributed by atoms with Gasteiger partial charge in [-0.15, -0.1) is 5.10 Å². The topological polar surface area (TPSA) is 106 Å². The van der Waals surface area contributed by atoms with Crippen LogP contribution >= 0.6 is 0 Å². The van der Waals surface area contributed by atoms with Crippen molar-refractivity contribution in [2.75, 3.05) is 12.8 Å². The summed E-state index contributed by atoms with van der Waals surface area (Å²) in [5, 5.41) is 9.03. The van der Waals surface area contributed by atoms with Gasteiger partial charge in [-0.2, -0.15) is 4.98 Å². The minimum Gasteiger partial charge on any atom is -0.497 e. The van der Waals surface area contributed by atoms with Gasteiger partial charge >= 0.3 is 0 Å². The van der Waals surface area contributed by atoms with Crippen molar-refractivity contribution >= 4 is 11.9 Å². The van der Waals surface area contributed by atoms with Crippen molar-refractivity contribution in [1.29, 1.82) is 0 Å². The summed E-state index contributed by atoms with van der Waals surface area (Å²) in [4.78, 5) is 15.6. The van der Waals surface area contributed by atoms with Gasteiger partial charge in [-0.25, -0.2) is 0 Å². The fraction of sp³-hybridized carbons (Fsp3) is 0.250. The van der Waals surface area contributed by atoms with E-state index in [1.54, 1.807) is 7.11 Å². The van der Waals surface area contributed by atoms with Gasteiger partial charge in [0.15, 0.2) is 0 Å². The van der Waals surface area contributed by atoms with E-state index in [1.165, 1.54) is 0 Å². The summed E-state index contributed by atoms with van der Waals surface area (Å²) in [6.07, 6.45) is 0.299. The number of hydrogen-bond donors (Lipinski definition) is 3. The zero-order valence-corrected chi connectivity index (χ0v) is 10.5. The van der Waals surface area contributed by atoms with Crippen LogP contribution in [0.15, 0.2) is 24.3 Å². The maximum Gasteiger partial charge on any atom is 0.239 e. The maximum atomic E-state index is 11.7. The summed E-state index contributed by atoms with van der Waals surface area (Å²) in [6.45, 7) is 0.277. The Kier molecular flexibility index (Phi) is 3.97. The molecule has 1 amide bonds. The molecular formula is C12H15N5O2. The van der Waals surface area contributed by atoms with E-state index in [9.17, 15) is 4.79 Å². The first kappa shape index (κ1) is 12.9. The van der Waals surface area contributed by atoms with E-state index in [0.29, 0.717) is 12.2 Å². The molecule has 1 aromatic carbocycles. The lowest BCUT2D eigenvalue weighted by Crippen LogP contribution is -2.25. The summed E-state index contributed by atoms with van der Waals surface area (Å²) in [5.41, 5.74) is 6.27. The Hall–Kier alpha value is -2.57. The van der Waals surface area contributed by atoms with Crippen LogP contribution in [-0.4, -0.2) is 28.2 Å². The Morgan fingerprint density at radius 2 is 2.16 bits per heavy atom. The van der Waals surface area contributed by atoms with Crippen LogP contribution in [0.2, 0.25) is 0 Å². The van der Waals surface area contributed by atoms with E-state index in [2.05, 4.69) is 20.5 Å². The van der Waals surface area contributed by atoms with Gasteiger partial charge in [-0.1, -0.05) is 12.1 Å². The number of carbonyl (C=O) groups is 1. The standard InChI is InChI=1S/C12H15N5O2/c1-19-9-4-2-8(3-5-9)6-11(18)14-7-10-15-12(13)17-16-10/h2-5H,6-7H2,1H3,(H,14,18)(H3,13,15,16,17). The number of aromatic amines is 1. The Morgan fingerprint density at radius 3 is 2.74 bits per heavy atom. The van der Waals surface area contributed by atoms with E-state index in [1.807, 2.05) is 24.3 Å². The van der Waals surface area contributed by atoms with E-state index in [4.69, 9.17) is 10.5 Å². The number of rotatable bonds is 5. The lowest BCUT2D eigenvalue weighted by molar-refractivity contribution is -0.120. The molecule has 0 aliphatic heterocycles. The average Bonchev–Trinajstić information content (AvgIpc) is 2.83. The van der Waals surface area contributed by atoms with Gasteiger partial charge in [0.25, 0.3) is 0 Å². The van der Waals surface area contributed by atoms with E-state index >= 15 is 0 Å². The summed E-state index contributed by atoms with van der Waals surface area (Å²) >= 11 is 0. The molecule has 7 heteroatoms. The predicted molar refractivity (Wildman–Crippen MR) is 69.3 cm³/mol. The first-order chi connectivity index (χ1) is 9.17. The molecule has 0 saturated heterocycles. The van der Waals surface area contributed by atoms with Crippen LogP contribution < -0.4 is 15.8 Å². The van der Waals surface area contributed by atoms with Gasteiger partial charge in [0, 0.05) is 0 Å². The summed E-state index contributed by atoms with van der Waals surface area (Å²) < 4.78 is 5.05.